The zero-order valence-corrected chi connectivity index (χ0v) is 13.9. The summed E-state index contributed by atoms with van der Waals surface area (Å²) < 4.78 is 28.7. The van der Waals surface area contributed by atoms with E-state index in [0.29, 0.717) is 11.3 Å². The number of rotatable bonds is 7. The fourth-order valence-corrected chi connectivity index (χ4v) is 2.38. The molecule has 0 aliphatic rings. The van der Waals surface area contributed by atoms with Crippen molar-refractivity contribution in [3.8, 4) is 5.75 Å². The van der Waals surface area contributed by atoms with Crippen LogP contribution in [0.4, 0.5) is 8.78 Å². The van der Waals surface area contributed by atoms with Crippen LogP contribution >= 0.6 is 0 Å². The van der Waals surface area contributed by atoms with Crippen molar-refractivity contribution in [1.82, 2.24) is 10.4 Å². The van der Waals surface area contributed by atoms with E-state index in [2.05, 4.69) is 20.2 Å². The molecule has 0 saturated heterocycles. The highest BCUT2D eigenvalue weighted by molar-refractivity contribution is 5.85. The molecule has 25 heavy (non-hydrogen) atoms. The van der Waals surface area contributed by atoms with Gasteiger partial charge in [0.2, 0.25) is 5.91 Å². The Balaban J connectivity index is 2.06. The molecule has 0 unspecified atom stereocenters. The first-order valence-electron chi connectivity index (χ1n) is 7.76. The summed E-state index contributed by atoms with van der Waals surface area (Å²) in [6, 6.07) is 11.4. The fraction of sp³-hybridized carbons (Fsp3) is 0.278. The van der Waals surface area contributed by atoms with Crippen LogP contribution in [-0.4, -0.2) is 23.7 Å². The molecule has 1 N–H and O–H groups in total. The zero-order valence-electron chi connectivity index (χ0n) is 13.9. The summed E-state index contributed by atoms with van der Waals surface area (Å²) in [6.07, 6.45) is 3.08. The van der Waals surface area contributed by atoms with Crippen molar-refractivity contribution in [2.24, 2.45) is 11.0 Å². The minimum Gasteiger partial charge on any atom is -0.435 e. The Kier molecular flexibility index (Phi) is 6.56. The molecule has 0 radical (unpaired) electrons. The van der Waals surface area contributed by atoms with Crippen LogP contribution in [0.25, 0.3) is 0 Å². The molecule has 2 aromatic rings. The van der Waals surface area contributed by atoms with Gasteiger partial charge in [-0.25, -0.2) is 5.43 Å². The van der Waals surface area contributed by atoms with Gasteiger partial charge in [0.1, 0.15) is 5.75 Å². The Labute approximate surface area is 144 Å². The van der Waals surface area contributed by atoms with Crippen molar-refractivity contribution in [1.29, 1.82) is 0 Å². The number of nitrogens with one attached hydrogen (secondary N) is 1. The van der Waals surface area contributed by atoms with E-state index >= 15 is 0 Å². The lowest BCUT2D eigenvalue weighted by atomic mass is 9.88. The van der Waals surface area contributed by atoms with Gasteiger partial charge in [-0.05, 0) is 35.7 Å². The van der Waals surface area contributed by atoms with Crippen LogP contribution in [0.15, 0.2) is 53.8 Å². The molecule has 132 valence electrons. The maximum atomic E-state index is 12.4. The predicted octanol–water partition coefficient (Wildman–Crippen LogP) is 3.57. The first kappa shape index (κ1) is 18.5. The van der Waals surface area contributed by atoms with Crippen molar-refractivity contribution in [2.75, 3.05) is 0 Å². The topological polar surface area (TPSA) is 63.6 Å². The fourth-order valence-electron chi connectivity index (χ4n) is 2.38. The summed E-state index contributed by atoms with van der Waals surface area (Å²) in [5.41, 5.74) is 3.82. The molecule has 0 saturated carbocycles. The number of hydrogen-bond acceptors (Lipinski definition) is 4. The highest BCUT2D eigenvalue weighted by atomic mass is 19.3. The van der Waals surface area contributed by atoms with E-state index in [1.54, 1.807) is 30.5 Å². The van der Waals surface area contributed by atoms with E-state index in [1.165, 1.54) is 18.3 Å². The molecule has 1 atom stereocenters. The molecule has 5 nitrogen and oxygen atoms in total. The number of benzene rings is 1. The van der Waals surface area contributed by atoms with Gasteiger partial charge in [-0.1, -0.05) is 32.0 Å². The van der Waals surface area contributed by atoms with Crippen LogP contribution < -0.4 is 10.2 Å². The third-order valence-electron chi connectivity index (χ3n) is 3.47. The van der Waals surface area contributed by atoms with Crippen LogP contribution in [0.1, 0.15) is 31.0 Å². The Morgan fingerprint density at radius 1 is 1.20 bits per heavy atom. The summed E-state index contributed by atoms with van der Waals surface area (Å²) in [7, 11) is 0. The quantitative estimate of drug-likeness (QED) is 0.615. The largest absolute Gasteiger partial charge is 0.435 e. The van der Waals surface area contributed by atoms with Gasteiger partial charge in [-0.2, -0.15) is 13.9 Å². The third kappa shape index (κ3) is 5.63. The molecule has 0 fully saturated rings. The molecule has 1 aromatic heterocycles. The van der Waals surface area contributed by atoms with E-state index < -0.39 is 12.5 Å². The number of carbonyl (C=O) groups excluding carboxylic acids is 1. The van der Waals surface area contributed by atoms with Crippen molar-refractivity contribution < 1.29 is 18.3 Å². The van der Waals surface area contributed by atoms with Crippen molar-refractivity contribution >= 4 is 12.1 Å². The van der Waals surface area contributed by atoms with Gasteiger partial charge in [0.15, 0.2) is 0 Å². The number of hydrazone groups is 1. The molecule has 7 heteroatoms. The predicted molar refractivity (Wildman–Crippen MR) is 90.6 cm³/mol. The first-order chi connectivity index (χ1) is 12.0. The summed E-state index contributed by atoms with van der Waals surface area (Å²) in [5.74, 6) is -0.715. The summed E-state index contributed by atoms with van der Waals surface area (Å²) >= 11 is 0. The Morgan fingerprint density at radius 2 is 1.92 bits per heavy atom. The van der Waals surface area contributed by atoms with Gasteiger partial charge >= 0.3 is 6.61 Å². The maximum Gasteiger partial charge on any atom is 0.387 e. The molecule has 1 aromatic carbocycles. The second kappa shape index (κ2) is 8.86. The molecule has 1 heterocycles. The van der Waals surface area contributed by atoms with Crippen LogP contribution in [-0.2, 0) is 4.79 Å². The van der Waals surface area contributed by atoms with Gasteiger partial charge in [0.25, 0.3) is 0 Å². The zero-order chi connectivity index (χ0) is 18.2. The Morgan fingerprint density at radius 3 is 2.48 bits per heavy atom. The second-order valence-corrected chi connectivity index (χ2v) is 5.66. The van der Waals surface area contributed by atoms with Gasteiger partial charge in [-0.15, -0.1) is 0 Å². The number of amides is 1. The molecule has 0 spiro atoms. The van der Waals surface area contributed by atoms with Crippen LogP contribution in [0.5, 0.6) is 5.75 Å². The molecule has 0 aliphatic carbocycles. The Bertz CT molecular complexity index is 704. The number of nitrogens with zero attached hydrogens (tertiary/aromatic N) is 2. The van der Waals surface area contributed by atoms with Gasteiger partial charge in [0, 0.05) is 6.20 Å². The number of pyridine rings is 1. The monoisotopic (exact) mass is 347 g/mol. The number of alkyl halides is 2. The average molecular weight is 347 g/mol. The van der Waals surface area contributed by atoms with Crippen molar-refractivity contribution in [3.63, 3.8) is 0 Å². The van der Waals surface area contributed by atoms with Crippen LogP contribution in [0.2, 0.25) is 0 Å². The summed E-state index contributed by atoms with van der Waals surface area (Å²) in [6.45, 7) is 0.919. The van der Waals surface area contributed by atoms with E-state index in [1.807, 2.05) is 19.9 Å². The number of carbonyl (C=O) groups is 1. The number of ether oxygens (including phenoxy) is 1. The minimum absolute atomic E-state index is 0.00748. The van der Waals surface area contributed by atoms with Crippen molar-refractivity contribution in [3.05, 3.63) is 59.9 Å². The van der Waals surface area contributed by atoms with E-state index in [-0.39, 0.29) is 17.6 Å². The van der Waals surface area contributed by atoms with Crippen LogP contribution in [0, 0.1) is 5.92 Å². The van der Waals surface area contributed by atoms with Gasteiger partial charge in [-0.3, -0.25) is 9.78 Å². The molecule has 2 rings (SSSR count). The lowest BCUT2D eigenvalue weighted by Gasteiger charge is -2.19. The maximum absolute atomic E-state index is 12.4. The smallest absolute Gasteiger partial charge is 0.387 e. The number of hydrogen-bond donors (Lipinski definition) is 1. The van der Waals surface area contributed by atoms with E-state index in [9.17, 15) is 13.6 Å². The molecule has 0 aliphatic heterocycles. The normalized spacial score (nSPS) is 12.6. The molecular formula is C18H19F2N3O2. The molecule has 1 amide bonds. The van der Waals surface area contributed by atoms with Gasteiger partial charge < -0.3 is 4.74 Å². The SMILES string of the molecule is CC(C)[C@@H](C(=O)N/N=C\c1ccccn1)c1ccc(OC(F)F)cc1. The standard InChI is InChI=1S/C18H19F2N3O2/c1-12(2)16(13-6-8-15(9-7-13)25-18(19)20)17(24)23-22-11-14-5-3-4-10-21-14/h3-12,16,18H,1-2H3,(H,23,24)/b22-11-/t16-/m1/s1. The Hall–Kier alpha value is -2.83. The average Bonchev–Trinajstić information content (AvgIpc) is 2.57. The summed E-state index contributed by atoms with van der Waals surface area (Å²) in [4.78, 5) is 16.5. The van der Waals surface area contributed by atoms with Crippen molar-refractivity contribution in [2.45, 2.75) is 26.4 Å². The van der Waals surface area contributed by atoms with Crippen LogP contribution in [0.3, 0.4) is 0 Å². The highest BCUT2D eigenvalue weighted by Crippen LogP contribution is 2.27. The lowest BCUT2D eigenvalue weighted by molar-refractivity contribution is -0.123. The summed E-state index contributed by atoms with van der Waals surface area (Å²) in [5, 5.41) is 3.92. The number of aromatic nitrogens is 1. The highest BCUT2D eigenvalue weighted by Gasteiger charge is 2.24. The third-order valence-corrected chi connectivity index (χ3v) is 3.47. The van der Waals surface area contributed by atoms with E-state index in [4.69, 9.17) is 0 Å². The number of halogens is 2. The molecule has 0 bridgehead atoms. The lowest BCUT2D eigenvalue weighted by Crippen LogP contribution is -2.28. The molecular weight excluding hydrogens is 328 g/mol. The minimum atomic E-state index is -2.88. The first-order valence-corrected chi connectivity index (χ1v) is 7.76. The van der Waals surface area contributed by atoms with Gasteiger partial charge in [0.05, 0.1) is 17.8 Å². The van der Waals surface area contributed by atoms with E-state index in [0.717, 1.165) is 0 Å². The second-order valence-electron chi connectivity index (χ2n) is 5.66.